The molecule has 0 aliphatic heterocycles. The van der Waals surface area contributed by atoms with Crippen molar-refractivity contribution in [3.8, 4) is 5.75 Å². The van der Waals surface area contributed by atoms with Crippen molar-refractivity contribution >= 4 is 16.9 Å². The molecule has 1 aromatic carbocycles. The van der Waals surface area contributed by atoms with Crippen LogP contribution in [0.4, 0.5) is 0 Å². The maximum atomic E-state index is 12.0. The quantitative estimate of drug-likeness (QED) is 0.897. The van der Waals surface area contributed by atoms with Gasteiger partial charge < -0.3 is 14.5 Å². The molecule has 1 heterocycles. The van der Waals surface area contributed by atoms with E-state index in [0.717, 1.165) is 11.8 Å². The summed E-state index contributed by atoms with van der Waals surface area (Å²) in [6.07, 6.45) is 2.56. The fourth-order valence-corrected chi connectivity index (χ4v) is 1.86. The van der Waals surface area contributed by atoms with E-state index in [0.29, 0.717) is 23.4 Å². The van der Waals surface area contributed by atoms with Gasteiger partial charge in [-0.15, -0.1) is 0 Å². The normalized spacial score (nSPS) is 10.9. The van der Waals surface area contributed by atoms with Gasteiger partial charge in [-0.25, -0.2) is 0 Å². The maximum Gasteiger partial charge on any atom is 0.251 e. The zero-order chi connectivity index (χ0) is 13.8. The summed E-state index contributed by atoms with van der Waals surface area (Å²) in [6, 6.07) is 5.36. The fourth-order valence-electron chi connectivity index (χ4n) is 1.86. The molecule has 0 aliphatic carbocycles. The van der Waals surface area contributed by atoms with Crippen molar-refractivity contribution in [2.24, 2.45) is 0 Å². The molecular weight excluding hydrogens is 242 g/mol. The smallest absolute Gasteiger partial charge is 0.251 e. The van der Waals surface area contributed by atoms with Gasteiger partial charge in [0.25, 0.3) is 5.91 Å². The number of carbonyl (C=O) groups excluding carboxylic acids is 1. The van der Waals surface area contributed by atoms with Crippen LogP contribution < -0.4 is 10.1 Å². The van der Waals surface area contributed by atoms with Crippen LogP contribution in [-0.2, 0) is 0 Å². The zero-order valence-corrected chi connectivity index (χ0v) is 11.5. The molecule has 0 saturated carbocycles. The highest BCUT2D eigenvalue weighted by Crippen LogP contribution is 2.29. The van der Waals surface area contributed by atoms with Crippen molar-refractivity contribution in [3.63, 3.8) is 0 Å². The lowest BCUT2D eigenvalue weighted by molar-refractivity contribution is 0.0953. The summed E-state index contributed by atoms with van der Waals surface area (Å²) >= 11 is 0. The van der Waals surface area contributed by atoms with Crippen LogP contribution in [0, 0.1) is 0 Å². The van der Waals surface area contributed by atoms with Gasteiger partial charge >= 0.3 is 0 Å². The molecule has 2 aromatic rings. The van der Waals surface area contributed by atoms with Gasteiger partial charge in [0.15, 0.2) is 0 Å². The van der Waals surface area contributed by atoms with Crippen molar-refractivity contribution in [1.29, 1.82) is 0 Å². The Bertz CT molecular complexity index is 572. The number of rotatable bonds is 5. The van der Waals surface area contributed by atoms with Gasteiger partial charge in [-0.1, -0.05) is 6.92 Å². The van der Waals surface area contributed by atoms with Crippen molar-refractivity contribution in [1.82, 2.24) is 5.32 Å². The van der Waals surface area contributed by atoms with Crippen LogP contribution in [0.2, 0.25) is 0 Å². The summed E-state index contributed by atoms with van der Waals surface area (Å²) in [6.45, 7) is 6.59. The van der Waals surface area contributed by atoms with E-state index < -0.39 is 0 Å². The minimum absolute atomic E-state index is 0.0482. The summed E-state index contributed by atoms with van der Waals surface area (Å²) < 4.78 is 11.1. The number of benzene rings is 1. The SMILES string of the molecule is CCCNC(=O)c1cc(OC(C)C)c2ccoc2c1. The molecule has 0 unspecified atom stereocenters. The predicted octanol–water partition coefficient (Wildman–Crippen LogP) is 3.36. The number of hydrogen-bond acceptors (Lipinski definition) is 3. The molecule has 4 nitrogen and oxygen atoms in total. The van der Waals surface area contributed by atoms with Gasteiger partial charge in [0, 0.05) is 12.1 Å². The topological polar surface area (TPSA) is 51.5 Å². The summed E-state index contributed by atoms with van der Waals surface area (Å²) in [5.41, 5.74) is 1.23. The second-order valence-corrected chi connectivity index (χ2v) is 4.73. The Kier molecular flexibility index (Phi) is 4.10. The molecule has 0 fully saturated rings. The van der Waals surface area contributed by atoms with E-state index in [2.05, 4.69) is 5.32 Å². The highest BCUT2D eigenvalue weighted by atomic mass is 16.5. The van der Waals surface area contributed by atoms with Crippen molar-refractivity contribution < 1.29 is 13.9 Å². The second-order valence-electron chi connectivity index (χ2n) is 4.73. The van der Waals surface area contributed by atoms with E-state index in [-0.39, 0.29) is 12.0 Å². The molecule has 0 saturated heterocycles. The number of ether oxygens (including phenoxy) is 1. The van der Waals surface area contributed by atoms with Gasteiger partial charge in [0.05, 0.1) is 17.8 Å². The van der Waals surface area contributed by atoms with Crippen LogP contribution in [0.1, 0.15) is 37.6 Å². The first-order chi connectivity index (χ1) is 9.11. The average molecular weight is 261 g/mol. The number of fused-ring (bicyclic) bond motifs is 1. The monoisotopic (exact) mass is 261 g/mol. The standard InChI is InChI=1S/C15H19NO3/c1-4-6-16-15(17)11-8-13-12(5-7-18-13)14(9-11)19-10(2)3/h5,7-10H,4,6H2,1-3H3,(H,16,17). The van der Waals surface area contributed by atoms with Crippen LogP contribution in [0.3, 0.4) is 0 Å². The molecule has 102 valence electrons. The molecule has 0 radical (unpaired) electrons. The number of furan rings is 1. The molecule has 0 bridgehead atoms. The highest BCUT2D eigenvalue weighted by molar-refractivity contribution is 5.99. The van der Waals surface area contributed by atoms with Gasteiger partial charge in [-0.05, 0) is 38.5 Å². The van der Waals surface area contributed by atoms with Crippen LogP contribution in [0.25, 0.3) is 11.0 Å². The molecular formula is C15H19NO3. The number of amides is 1. The lowest BCUT2D eigenvalue weighted by atomic mass is 10.1. The van der Waals surface area contributed by atoms with Gasteiger partial charge in [-0.3, -0.25) is 4.79 Å². The summed E-state index contributed by atoms with van der Waals surface area (Å²) in [5, 5.41) is 3.74. The molecule has 2 rings (SSSR count). The van der Waals surface area contributed by atoms with E-state index >= 15 is 0 Å². The molecule has 1 amide bonds. The largest absolute Gasteiger partial charge is 0.490 e. The molecule has 0 aliphatic rings. The number of nitrogens with one attached hydrogen (secondary N) is 1. The molecule has 1 aromatic heterocycles. The van der Waals surface area contributed by atoms with Crippen LogP contribution in [-0.4, -0.2) is 18.6 Å². The predicted molar refractivity (Wildman–Crippen MR) is 74.6 cm³/mol. The Balaban J connectivity index is 2.37. The average Bonchev–Trinajstić information content (AvgIpc) is 2.83. The third-order valence-electron chi connectivity index (χ3n) is 2.69. The van der Waals surface area contributed by atoms with E-state index in [1.54, 1.807) is 18.4 Å². The van der Waals surface area contributed by atoms with E-state index in [4.69, 9.17) is 9.15 Å². The highest BCUT2D eigenvalue weighted by Gasteiger charge is 2.13. The van der Waals surface area contributed by atoms with Gasteiger partial charge in [-0.2, -0.15) is 0 Å². The van der Waals surface area contributed by atoms with Crippen LogP contribution in [0.15, 0.2) is 28.9 Å². The molecule has 4 heteroatoms. The minimum atomic E-state index is -0.103. The summed E-state index contributed by atoms with van der Waals surface area (Å²) in [4.78, 5) is 12.0. The first kappa shape index (κ1) is 13.5. The second kappa shape index (κ2) is 5.78. The Morgan fingerprint density at radius 2 is 2.21 bits per heavy atom. The number of carbonyl (C=O) groups is 1. The lowest BCUT2D eigenvalue weighted by Gasteiger charge is -2.12. The summed E-state index contributed by atoms with van der Waals surface area (Å²) in [7, 11) is 0. The first-order valence-corrected chi connectivity index (χ1v) is 6.58. The van der Waals surface area contributed by atoms with E-state index in [9.17, 15) is 4.79 Å². The van der Waals surface area contributed by atoms with Crippen molar-refractivity contribution in [3.05, 3.63) is 30.0 Å². The molecule has 0 spiro atoms. The third kappa shape index (κ3) is 3.08. The zero-order valence-electron chi connectivity index (χ0n) is 11.5. The molecule has 1 N–H and O–H groups in total. The van der Waals surface area contributed by atoms with Crippen molar-refractivity contribution in [2.75, 3.05) is 6.54 Å². The lowest BCUT2D eigenvalue weighted by Crippen LogP contribution is -2.24. The van der Waals surface area contributed by atoms with Crippen LogP contribution >= 0.6 is 0 Å². The summed E-state index contributed by atoms with van der Waals surface area (Å²) in [5.74, 6) is 0.580. The minimum Gasteiger partial charge on any atom is -0.490 e. The van der Waals surface area contributed by atoms with Gasteiger partial charge in [0.1, 0.15) is 11.3 Å². The van der Waals surface area contributed by atoms with Crippen molar-refractivity contribution in [2.45, 2.75) is 33.3 Å². The number of hydrogen-bond donors (Lipinski definition) is 1. The Labute approximate surface area is 112 Å². The third-order valence-corrected chi connectivity index (χ3v) is 2.69. The Morgan fingerprint density at radius 1 is 1.42 bits per heavy atom. The maximum absolute atomic E-state index is 12.0. The van der Waals surface area contributed by atoms with Crippen LogP contribution in [0.5, 0.6) is 5.75 Å². The Hall–Kier alpha value is -1.97. The molecule has 0 atom stereocenters. The fraction of sp³-hybridized carbons (Fsp3) is 0.400. The van der Waals surface area contributed by atoms with E-state index in [1.807, 2.05) is 26.8 Å². The first-order valence-electron chi connectivity index (χ1n) is 6.58. The Morgan fingerprint density at radius 3 is 2.89 bits per heavy atom. The molecule has 19 heavy (non-hydrogen) atoms. The van der Waals surface area contributed by atoms with Gasteiger partial charge in [0.2, 0.25) is 0 Å². The van der Waals surface area contributed by atoms with E-state index in [1.165, 1.54) is 0 Å².